The largest absolute Gasteiger partial charge is 0.382 e. The average molecular weight is 305 g/mol. The number of rotatable bonds is 7. The standard InChI is InChI=1S/C15H19N3O4/c1-2-22-9-5-8-16-13(19)10-18-15(21)12-7-4-3-6-11(12)14(20)17-18/h3-4,6-7H,2,5,8-10H2,1H3,(H,16,19)(H,17,20). The molecule has 0 saturated carbocycles. The number of benzene rings is 1. The summed E-state index contributed by atoms with van der Waals surface area (Å²) in [6, 6.07) is 6.52. The first-order valence-corrected chi connectivity index (χ1v) is 7.19. The maximum atomic E-state index is 12.2. The number of amides is 1. The molecule has 1 aromatic carbocycles. The van der Waals surface area contributed by atoms with Crippen LogP contribution in [0.2, 0.25) is 0 Å². The number of fused-ring (bicyclic) bond motifs is 1. The predicted molar refractivity (Wildman–Crippen MR) is 82.9 cm³/mol. The quantitative estimate of drug-likeness (QED) is 0.716. The van der Waals surface area contributed by atoms with Crippen molar-refractivity contribution in [3.05, 3.63) is 45.0 Å². The van der Waals surface area contributed by atoms with E-state index in [0.717, 1.165) is 4.68 Å². The normalized spacial score (nSPS) is 10.8. The molecule has 118 valence electrons. The summed E-state index contributed by atoms with van der Waals surface area (Å²) in [5, 5.41) is 5.73. The fraction of sp³-hybridized carbons (Fsp3) is 0.400. The van der Waals surface area contributed by atoms with E-state index in [1.165, 1.54) is 0 Å². The Bertz CT molecular complexity index is 763. The molecular formula is C15H19N3O4. The molecule has 0 aliphatic carbocycles. The third kappa shape index (κ3) is 3.82. The molecule has 0 radical (unpaired) electrons. The van der Waals surface area contributed by atoms with Crippen LogP contribution in [0.4, 0.5) is 0 Å². The summed E-state index contributed by atoms with van der Waals surface area (Å²) in [4.78, 5) is 35.9. The monoisotopic (exact) mass is 305 g/mol. The highest BCUT2D eigenvalue weighted by Crippen LogP contribution is 2.02. The molecule has 0 saturated heterocycles. The van der Waals surface area contributed by atoms with Crippen molar-refractivity contribution in [3.63, 3.8) is 0 Å². The van der Waals surface area contributed by atoms with Gasteiger partial charge in [0.05, 0.1) is 10.8 Å². The van der Waals surface area contributed by atoms with E-state index in [1.54, 1.807) is 24.3 Å². The van der Waals surface area contributed by atoms with Gasteiger partial charge in [-0.1, -0.05) is 12.1 Å². The number of nitrogens with one attached hydrogen (secondary N) is 2. The molecule has 0 spiro atoms. The van der Waals surface area contributed by atoms with Crippen molar-refractivity contribution in [1.82, 2.24) is 15.1 Å². The van der Waals surface area contributed by atoms with Gasteiger partial charge in [-0.05, 0) is 25.5 Å². The summed E-state index contributed by atoms with van der Waals surface area (Å²) in [6.07, 6.45) is 0.697. The van der Waals surface area contributed by atoms with Gasteiger partial charge in [-0.2, -0.15) is 0 Å². The molecule has 0 aliphatic heterocycles. The van der Waals surface area contributed by atoms with Crippen molar-refractivity contribution in [2.75, 3.05) is 19.8 Å². The maximum absolute atomic E-state index is 12.2. The minimum atomic E-state index is -0.389. The van der Waals surface area contributed by atoms with Crippen molar-refractivity contribution in [2.45, 2.75) is 19.9 Å². The van der Waals surface area contributed by atoms with Crippen LogP contribution in [0.15, 0.2) is 33.9 Å². The van der Waals surface area contributed by atoms with E-state index in [0.29, 0.717) is 37.0 Å². The lowest BCUT2D eigenvalue weighted by Crippen LogP contribution is -2.37. The fourth-order valence-corrected chi connectivity index (χ4v) is 2.10. The molecule has 1 heterocycles. The second-order valence-electron chi connectivity index (χ2n) is 4.78. The summed E-state index contributed by atoms with van der Waals surface area (Å²) in [5.74, 6) is -0.329. The molecule has 2 N–H and O–H groups in total. The zero-order valence-electron chi connectivity index (χ0n) is 12.4. The first-order valence-electron chi connectivity index (χ1n) is 7.19. The van der Waals surface area contributed by atoms with Gasteiger partial charge in [0.1, 0.15) is 6.54 Å². The molecule has 7 nitrogen and oxygen atoms in total. The van der Waals surface area contributed by atoms with Gasteiger partial charge in [0.25, 0.3) is 11.1 Å². The number of carbonyl (C=O) groups is 1. The van der Waals surface area contributed by atoms with Crippen molar-refractivity contribution in [1.29, 1.82) is 0 Å². The smallest absolute Gasteiger partial charge is 0.273 e. The summed E-state index contributed by atoms with van der Waals surface area (Å²) >= 11 is 0. The lowest BCUT2D eigenvalue weighted by atomic mass is 10.2. The third-order valence-electron chi connectivity index (χ3n) is 3.18. The predicted octanol–water partition coefficient (Wildman–Crippen LogP) is 0.233. The number of nitrogens with zero attached hydrogens (tertiary/aromatic N) is 1. The van der Waals surface area contributed by atoms with Crippen LogP contribution < -0.4 is 16.4 Å². The number of hydrogen-bond donors (Lipinski definition) is 2. The summed E-state index contributed by atoms with van der Waals surface area (Å²) in [5.41, 5.74) is -0.779. The van der Waals surface area contributed by atoms with Crippen molar-refractivity contribution in [3.8, 4) is 0 Å². The molecule has 0 aliphatic rings. The van der Waals surface area contributed by atoms with Crippen molar-refractivity contribution < 1.29 is 9.53 Å². The van der Waals surface area contributed by atoms with E-state index in [4.69, 9.17) is 4.74 Å². The Morgan fingerprint density at radius 2 is 2.00 bits per heavy atom. The van der Waals surface area contributed by atoms with Gasteiger partial charge in [0.15, 0.2) is 0 Å². The Labute approximate surface area is 126 Å². The number of H-pyrrole nitrogens is 1. The molecular weight excluding hydrogens is 286 g/mol. The van der Waals surface area contributed by atoms with Crippen LogP contribution in [-0.2, 0) is 16.1 Å². The highest BCUT2D eigenvalue weighted by Gasteiger charge is 2.09. The lowest BCUT2D eigenvalue weighted by Gasteiger charge is -2.08. The van der Waals surface area contributed by atoms with E-state index < -0.39 is 0 Å². The van der Waals surface area contributed by atoms with E-state index >= 15 is 0 Å². The number of aromatic nitrogens is 2. The molecule has 0 unspecified atom stereocenters. The molecule has 2 aromatic rings. The maximum Gasteiger partial charge on any atom is 0.273 e. The number of aromatic amines is 1. The highest BCUT2D eigenvalue weighted by atomic mass is 16.5. The van der Waals surface area contributed by atoms with Crippen molar-refractivity contribution in [2.24, 2.45) is 0 Å². The average Bonchev–Trinajstić information content (AvgIpc) is 2.52. The van der Waals surface area contributed by atoms with Gasteiger partial charge < -0.3 is 10.1 Å². The van der Waals surface area contributed by atoms with Gasteiger partial charge in [0.2, 0.25) is 5.91 Å². The van der Waals surface area contributed by atoms with Gasteiger partial charge in [-0.25, -0.2) is 4.68 Å². The Balaban J connectivity index is 2.06. The van der Waals surface area contributed by atoms with Gasteiger partial charge in [-0.15, -0.1) is 0 Å². The number of hydrogen-bond acceptors (Lipinski definition) is 4. The van der Waals surface area contributed by atoms with Gasteiger partial charge >= 0.3 is 0 Å². The Morgan fingerprint density at radius 3 is 2.73 bits per heavy atom. The highest BCUT2D eigenvalue weighted by molar-refractivity contribution is 5.81. The first-order chi connectivity index (χ1) is 10.6. The SMILES string of the molecule is CCOCCCNC(=O)Cn1[nH]c(=O)c2ccccc2c1=O. The van der Waals surface area contributed by atoms with E-state index in [-0.39, 0.29) is 23.6 Å². The fourth-order valence-electron chi connectivity index (χ4n) is 2.10. The molecule has 0 atom stereocenters. The summed E-state index contributed by atoms with van der Waals surface area (Å²) in [7, 11) is 0. The van der Waals surface area contributed by atoms with E-state index in [2.05, 4.69) is 10.4 Å². The topological polar surface area (TPSA) is 93.2 Å². The van der Waals surface area contributed by atoms with Crippen LogP contribution in [-0.4, -0.2) is 35.4 Å². The molecule has 22 heavy (non-hydrogen) atoms. The van der Waals surface area contributed by atoms with Gasteiger partial charge in [0, 0.05) is 19.8 Å². The Hall–Kier alpha value is -2.41. The third-order valence-corrected chi connectivity index (χ3v) is 3.18. The number of carbonyl (C=O) groups excluding carboxylic acids is 1. The summed E-state index contributed by atoms with van der Waals surface area (Å²) < 4.78 is 6.19. The van der Waals surface area contributed by atoms with Gasteiger partial charge in [-0.3, -0.25) is 19.5 Å². The molecule has 7 heteroatoms. The van der Waals surface area contributed by atoms with Crippen LogP contribution in [0.3, 0.4) is 0 Å². The minimum absolute atomic E-state index is 0.215. The zero-order chi connectivity index (χ0) is 15.9. The van der Waals surface area contributed by atoms with Crippen LogP contribution in [0, 0.1) is 0 Å². The molecule has 2 rings (SSSR count). The second kappa shape index (κ2) is 7.56. The zero-order valence-corrected chi connectivity index (χ0v) is 12.4. The number of ether oxygens (including phenoxy) is 1. The van der Waals surface area contributed by atoms with Crippen LogP contribution in [0.5, 0.6) is 0 Å². The Morgan fingerprint density at radius 1 is 1.27 bits per heavy atom. The first kappa shape index (κ1) is 16.0. The summed E-state index contributed by atoms with van der Waals surface area (Å²) in [6.45, 7) is 3.37. The lowest BCUT2D eigenvalue weighted by molar-refractivity contribution is -0.121. The van der Waals surface area contributed by atoms with Crippen molar-refractivity contribution >= 4 is 16.7 Å². The molecule has 1 amide bonds. The Kier molecular flexibility index (Phi) is 5.48. The van der Waals surface area contributed by atoms with E-state index in [1.807, 2.05) is 6.92 Å². The molecule has 1 aromatic heterocycles. The van der Waals surface area contributed by atoms with Crippen LogP contribution >= 0.6 is 0 Å². The second-order valence-corrected chi connectivity index (χ2v) is 4.78. The molecule has 0 bridgehead atoms. The van der Waals surface area contributed by atoms with E-state index in [9.17, 15) is 14.4 Å². The minimum Gasteiger partial charge on any atom is -0.382 e. The molecule has 0 fully saturated rings. The van der Waals surface area contributed by atoms with Crippen LogP contribution in [0.1, 0.15) is 13.3 Å². The van der Waals surface area contributed by atoms with Crippen LogP contribution in [0.25, 0.3) is 10.8 Å².